The molecule has 1 atom stereocenters. The zero-order valence-corrected chi connectivity index (χ0v) is 15.6. The molecule has 0 aliphatic carbocycles. The average Bonchev–Trinajstić information content (AvgIpc) is 2.93. The van der Waals surface area contributed by atoms with Crippen molar-refractivity contribution >= 4 is 19.9 Å². The summed E-state index contributed by atoms with van der Waals surface area (Å²) in [6.45, 7) is 0.175. The summed E-state index contributed by atoms with van der Waals surface area (Å²) in [5, 5.41) is -0.956. The molecular weight excluding hydrogens is 373 g/mol. The molecule has 1 unspecified atom stereocenters. The Morgan fingerprint density at radius 3 is 2.52 bits per heavy atom. The van der Waals surface area contributed by atoms with Crippen LogP contribution in [0.3, 0.4) is 0 Å². The van der Waals surface area contributed by atoms with Gasteiger partial charge in [0, 0.05) is 20.2 Å². The summed E-state index contributed by atoms with van der Waals surface area (Å²) in [5.74, 6) is -0.987. The maximum atomic E-state index is 13.5. The summed E-state index contributed by atoms with van der Waals surface area (Å²) >= 11 is 0. The molecule has 1 heterocycles. The topological polar surface area (TPSA) is 90.0 Å². The number of rotatable bonds is 9. The van der Waals surface area contributed by atoms with Gasteiger partial charge in [0.1, 0.15) is 6.61 Å². The van der Waals surface area contributed by atoms with Gasteiger partial charge < -0.3 is 9.47 Å². The van der Waals surface area contributed by atoms with Gasteiger partial charge in [0.2, 0.25) is 10.0 Å². The van der Waals surface area contributed by atoms with Crippen molar-refractivity contribution in [3.05, 3.63) is 30.1 Å². The lowest BCUT2D eigenvalue weighted by molar-refractivity contribution is 0.170. The van der Waals surface area contributed by atoms with Gasteiger partial charge in [-0.2, -0.15) is 4.31 Å². The lowest BCUT2D eigenvalue weighted by atomic mass is 10.3. The highest BCUT2D eigenvalue weighted by molar-refractivity contribution is 7.95. The summed E-state index contributed by atoms with van der Waals surface area (Å²) in [4.78, 5) is 0. The van der Waals surface area contributed by atoms with E-state index in [1.807, 2.05) is 0 Å². The number of ether oxygens (including phenoxy) is 2. The van der Waals surface area contributed by atoms with Crippen molar-refractivity contribution < 1.29 is 30.7 Å². The minimum absolute atomic E-state index is 0.0173. The molecule has 0 bridgehead atoms. The summed E-state index contributed by atoms with van der Waals surface area (Å²) in [7, 11) is -5.68. The standard InChI is InChI=1S/C15H22FNO6S2/c1-22-9-7-17(8-10-23-15-5-3-2-4-14(15)16)25(20,21)13-6-11-24(18,19)12-13/h2-5,13H,6-12H2,1H3. The molecule has 0 aromatic heterocycles. The van der Waals surface area contributed by atoms with Crippen LogP contribution in [0.15, 0.2) is 24.3 Å². The SMILES string of the molecule is COCCN(CCOc1ccccc1F)S(=O)(=O)C1CCS(=O)(=O)C1. The molecule has 0 N–H and O–H groups in total. The Kier molecular flexibility index (Phi) is 6.78. The van der Waals surface area contributed by atoms with Gasteiger partial charge in [0.15, 0.2) is 21.4 Å². The molecule has 0 radical (unpaired) electrons. The molecule has 1 aliphatic heterocycles. The van der Waals surface area contributed by atoms with Crippen LogP contribution in [-0.2, 0) is 24.6 Å². The molecule has 1 aromatic rings. The molecule has 2 rings (SSSR count). The van der Waals surface area contributed by atoms with E-state index in [1.165, 1.54) is 25.3 Å². The van der Waals surface area contributed by atoms with Crippen molar-refractivity contribution in [2.24, 2.45) is 0 Å². The Balaban J connectivity index is 2.03. The molecule has 0 amide bonds. The van der Waals surface area contributed by atoms with Crippen LogP contribution in [0, 0.1) is 5.82 Å². The first-order chi connectivity index (χ1) is 11.8. The fourth-order valence-corrected chi connectivity index (χ4v) is 7.08. The first kappa shape index (κ1) is 20.1. The van der Waals surface area contributed by atoms with Crippen molar-refractivity contribution in [1.82, 2.24) is 4.31 Å². The lowest BCUT2D eigenvalue weighted by Gasteiger charge is -2.25. The van der Waals surface area contributed by atoms with Crippen LogP contribution >= 0.6 is 0 Å². The number of methoxy groups -OCH3 is 1. The Hall–Kier alpha value is -1.23. The molecule has 1 saturated heterocycles. The molecule has 1 fully saturated rings. The van der Waals surface area contributed by atoms with Gasteiger partial charge in [0.25, 0.3) is 0 Å². The van der Waals surface area contributed by atoms with E-state index in [0.29, 0.717) is 0 Å². The summed E-state index contributed by atoms with van der Waals surface area (Å²) < 4.78 is 73.5. The largest absolute Gasteiger partial charge is 0.489 e. The van der Waals surface area contributed by atoms with E-state index in [2.05, 4.69) is 0 Å². The monoisotopic (exact) mass is 395 g/mol. The van der Waals surface area contributed by atoms with E-state index in [1.54, 1.807) is 6.07 Å². The van der Waals surface area contributed by atoms with Gasteiger partial charge in [-0.25, -0.2) is 21.2 Å². The molecule has 142 valence electrons. The van der Waals surface area contributed by atoms with Crippen LogP contribution in [0.4, 0.5) is 4.39 Å². The Labute approximate surface area is 147 Å². The minimum atomic E-state index is -3.81. The van der Waals surface area contributed by atoms with E-state index < -0.39 is 30.9 Å². The first-order valence-electron chi connectivity index (χ1n) is 7.82. The third kappa shape index (κ3) is 5.37. The molecule has 0 spiro atoms. The summed E-state index contributed by atoms with van der Waals surface area (Å²) in [6.07, 6.45) is 0.0856. The van der Waals surface area contributed by atoms with Crippen LogP contribution in [0.1, 0.15) is 6.42 Å². The Morgan fingerprint density at radius 1 is 1.24 bits per heavy atom. The van der Waals surface area contributed by atoms with Gasteiger partial charge in [-0.05, 0) is 18.6 Å². The maximum absolute atomic E-state index is 13.5. The number of sulfonamides is 1. The maximum Gasteiger partial charge on any atom is 0.218 e. The normalized spacial score (nSPS) is 20.0. The van der Waals surface area contributed by atoms with Gasteiger partial charge in [-0.15, -0.1) is 0 Å². The zero-order chi connectivity index (χ0) is 18.5. The highest BCUT2D eigenvalue weighted by Crippen LogP contribution is 2.22. The van der Waals surface area contributed by atoms with Crippen LogP contribution < -0.4 is 4.74 Å². The third-order valence-corrected chi connectivity index (χ3v) is 8.26. The lowest BCUT2D eigenvalue weighted by Crippen LogP contribution is -2.43. The number of benzene rings is 1. The number of sulfone groups is 1. The van der Waals surface area contributed by atoms with Crippen LogP contribution in [0.2, 0.25) is 0 Å². The number of para-hydroxylation sites is 1. The smallest absolute Gasteiger partial charge is 0.218 e. The minimum Gasteiger partial charge on any atom is -0.489 e. The summed E-state index contributed by atoms with van der Waals surface area (Å²) in [6, 6.07) is 5.84. The first-order valence-corrected chi connectivity index (χ1v) is 11.1. The Bertz CT molecular complexity index is 781. The molecule has 25 heavy (non-hydrogen) atoms. The van der Waals surface area contributed by atoms with E-state index in [0.717, 1.165) is 4.31 Å². The molecule has 10 heteroatoms. The number of nitrogens with zero attached hydrogens (tertiary/aromatic N) is 1. The van der Waals surface area contributed by atoms with Gasteiger partial charge in [-0.3, -0.25) is 0 Å². The van der Waals surface area contributed by atoms with E-state index >= 15 is 0 Å². The Morgan fingerprint density at radius 2 is 1.92 bits per heavy atom. The number of halogens is 1. The van der Waals surface area contributed by atoms with Crippen molar-refractivity contribution in [2.75, 3.05) is 44.9 Å². The second kappa shape index (κ2) is 8.43. The summed E-state index contributed by atoms with van der Waals surface area (Å²) in [5.41, 5.74) is 0. The van der Waals surface area contributed by atoms with Crippen molar-refractivity contribution in [3.63, 3.8) is 0 Å². The average molecular weight is 395 g/mol. The zero-order valence-electron chi connectivity index (χ0n) is 13.9. The predicted octanol–water partition coefficient (Wildman–Crippen LogP) is 0.670. The van der Waals surface area contributed by atoms with E-state index in [-0.39, 0.29) is 50.0 Å². The van der Waals surface area contributed by atoms with Crippen molar-refractivity contribution in [1.29, 1.82) is 0 Å². The second-order valence-electron chi connectivity index (χ2n) is 5.74. The van der Waals surface area contributed by atoms with E-state index in [9.17, 15) is 21.2 Å². The van der Waals surface area contributed by atoms with E-state index in [4.69, 9.17) is 9.47 Å². The molecule has 0 saturated carbocycles. The highest BCUT2D eigenvalue weighted by Gasteiger charge is 2.40. The quantitative estimate of drug-likeness (QED) is 0.611. The highest BCUT2D eigenvalue weighted by atomic mass is 32.2. The molecular formula is C15H22FNO6S2. The second-order valence-corrected chi connectivity index (χ2v) is 10.2. The fourth-order valence-electron chi connectivity index (χ4n) is 2.59. The van der Waals surface area contributed by atoms with Crippen molar-refractivity contribution in [2.45, 2.75) is 11.7 Å². The van der Waals surface area contributed by atoms with Gasteiger partial charge in [-0.1, -0.05) is 12.1 Å². The van der Waals surface area contributed by atoms with Crippen molar-refractivity contribution in [3.8, 4) is 5.75 Å². The number of hydrogen-bond acceptors (Lipinski definition) is 6. The van der Waals surface area contributed by atoms with Gasteiger partial charge >= 0.3 is 0 Å². The molecule has 1 aliphatic rings. The number of hydrogen-bond donors (Lipinski definition) is 0. The molecule has 7 nitrogen and oxygen atoms in total. The van der Waals surface area contributed by atoms with Crippen LogP contribution in [0.25, 0.3) is 0 Å². The van der Waals surface area contributed by atoms with Crippen LogP contribution in [-0.4, -0.2) is 71.3 Å². The molecule has 1 aromatic carbocycles. The third-order valence-electron chi connectivity index (χ3n) is 3.95. The fraction of sp³-hybridized carbons (Fsp3) is 0.600. The predicted molar refractivity (Wildman–Crippen MR) is 91.3 cm³/mol. The van der Waals surface area contributed by atoms with Crippen LogP contribution in [0.5, 0.6) is 5.75 Å². The van der Waals surface area contributed by atoms with Gasteiger partial charge in [0.05, 0.1) is 23.4 Å².